The van der Waals surface area contributed by atoms with Crippen LogP contribution >= 0.6 is 0 Å². The van der Waals surface area contributed by atoms with E-state index in [2.05, 4.69) is 10.7 Å². The molecule has 0 saturated heterocycles. The maximum atomic E-state index is 11.9. The van der Waals surface area contributed by atoms with Crippen molar-refractivity contribution in [2.75, 3.05) is 0 Å². The highest BCUT2D eigenvalue weighted by Gasteiger charge is 2.30. The van der Waals surface area contributed by atoms with Gasteiger partial charge >= 0.3 is 6.36 Å². The van der Waals surface area contributed by atoms with Crippen LogP contribution in [-0.2, 0) is 6.42 Å². The van der Waals surface area contributed by atoms with Crippen molar-refractivity contribution in [3.8, 4) is 18.1 Å². The van der Waals surface area contributed by atoms with Crippen molar-refractivity contribution < 1.29 is 17.9 Å². The lowest BCUT2D eigenvalue weighted by molar-refractivity contribution is -0.274. The Morgan fingerprint density at radius 3 is 2.67 bits per heavy atom. The molecule has 0 aliphatic rings. The number of halogens is 3. The Kier molecular flexibility index (Phi) is 3.62. The van der Waals surface area contributed by atoms with Crippen molar-refractivity contribution in [2.45, 2.75) is 19.2 Å². The SMILES string of the molecule is C#CCCc1cccc(OC(F)(F)F)c1. The van der Waals surface area contributed by atoms with E-state index in [0.29, 0.717) is 12.8 Å². The summed E-state index contributed by atoms with van der Waals surface area (Å²) in [6, 6.07) is 5.81. The predicted octanol–water partition coefficient (Wildman–Crippen LogP) is 3.15. The second kappa shape index (κ2) is 4.74. The second-order valence-corrected chi connectivity index (χ2v) is 2.90. The van der Waals surface area contributed by atoms with Gasteiger partial charge in [-0.15, -0.1) is 25.5 Å². The first-order valence-electron chi connectivity index (χ1n) is 4.29. The summed E-state index contributed by atoms with van der Waals surface area (Å²) < 4.78 is 39.4. The molecule has 80 valence electrons. The number of rotatable bonds is 3. The van der Waals surface area contributed by atoms with Gasteiger partial charge in [-0.1, -0.05) is 12.1 Å². The molecule has 1 nitrogen and oxygen atoms in total. The molecule has 0 saturated carbocycles. The quantitative estimate of drug-likeness (QED) is 0.702. The van der Waals surface area contributed by atoms with Crippen molar-refractivity contribution in [1.29, 1.82) is 0 Å². The molecule has 0 aliphatic heterocycles. The third kappa shape index (κ3) is 4.41. The molecule has 0 radical (unpaired) electrons. The highest BCUT2D eigenvalue weighted by molar-refractivity contribution is 5.29. The van der Waals surface area contributed by atoms with E-state index in [4.69, 9.17) is 6.42 Å². The summed E-state index contributed by atoms with van der Waals surface area (Å²) in [4.78, 5) is 0. The molecular weight excluding hydrogens is 205 g/mol. The molecule has 1 aromatic carbocycles. The van der Waals surface area contributed by atoms with Crippen LogP contribution in [-0.4, -0.2) is 6.36 Å². The Morgan fingerprint density at radius 2 is 2.07 bits per heavy atom. The zero-order valence-electron chi connectivity index (χ0n) is 7.84. The summed E-state index contributed by atoms with van der Waals surface area (Å²) in [5.41, 5.74) is 0.731. The Morgan fingerprint density at radius 1 is 1.33 bits per heavy atom. The van der Waals surface area contributed by atoms with Crippen LogP contribution in [0.15, 0.2) is 24.3 Å². The fraction of sp³-hybridized carbons (Fsp3) is 0.273. The largest absolute Gasteiger partial charge is 0.573 e. The molecule has 0 unspecified atom stereocenters. The van der Waals surface area contributed by atoms with Gasteiger partial charge < -0.3 is 4.74 Å². The van der Waals surface area contributed by atoms with Crippen LogP contribution in [0, 0.1) is 12.3 Å². The molecule has 0 aliphatic carbocycles. The fourth-order valence-electron chi connectivity index (χ4n) is 1.11. The van der Waals surface area contributed by atoms with Crippen LogP contribution in [0.25, 0.3) is 0 Å². The molecule has 15 heavy (non-hydrogen) atoms. The smallest absolute Gasteiger partial charge is 0.406 e. The van der Waals surface area contributed by atoms with Crippen LogP contribution in [0.2, 0.25) is 0 Å². The van der Waals surface area contributed by atoms with Gasteiger partial charge in [0.05, 0.1) is 0 Å². The van der Waals surface area contributed by atoms with E-state index in [1.807, 2.05) is 0 Å². The number of ether oxygens (including phenoxy) is 1. The first-order valence-corrected chi connectivity index (χ1v) is 4.29. The Balaban J connectivity index is 2.71. The molecule has 0 bridgehead atoms. The summed E-state index contributed by atoms with van der Waals surface area (Å²) in [6.07, 6.45) is 1.45. The third-order valence-electron chi connectivity index (χ3n) is 1.69. The van der Waals surface area contributed by atoms with Gasteiger partial charge in [0.2, 0.25) is 0 Å². The molecule has 1 rings (SSSR count). The minimum atomic E-state index is -4.65. The van der Waals surface area contributed by atoms with Crippen molar-refractivity contribution in [1.82, 2.24) is 0 Å². The molecule has 0 fully saturated rings. The highest BCUT2D eigenvalue weighted by Crippen LogP contribution is 2.23. The Labute approximate surface area is 85.9 Å². The van der Waals surface area contributed by atoms with Crippen LogP contribution in [0.3, 0.4) is 0 Å². The number of hydrogen-bond donors (Lipinski definition) is 0. The van der Waals surface area contributed by atoms with E-state index < -0.39 is 6.36 Å². The number of terminal acetylenes is 1. The normalized spacial score (nSPS) is 10.8. The summed E-state index contributed by atoms with van der Waals surface area (Å²) >= 11 is 0. The van der Waals surface area contributed by atoms with E-state index in [-0.39, 0.29) is 5.75 Å². The number of benzene rings is 1. The lowest BCUT2D eigenvalue weighted by atomic mass is 10.1. The predicted molar refractivity (Wildman–Crippen MR) is 50.3 cm³/mol. The zero-order valence-corrected chi connectivity index (χ0v) is 7.84. The standard InChI is InChI=1S/C11H9F3O/c1-2-3-5-9-6-4-7-10(8-9)15-11(12,13)14/h1,4,6-8H,3,5H2. The molecule has 0 N–H and O–H groups in total. The topological polar surface area (TPSA) is 9.23 Å². The van der Waals surface area contributed by atoms with Gasteiger partial charge in [-0.25, -0.2) is 0 Å². The van der Waals surface area contributed by atoms with E-state index in [1.165, 1.54) is 18.2 Å². The van der Waals surface area contributed by atoms with Gasteiger partial charge in [0.15, 0.2) is 0 Å². The van der Waals surface area contributed by atoms with E-state index >= 15 is 0 Å². The number of hydrogen-bond acceptors (Lipinski definition) is 1. The zero-order chi connectivity index (χ0) is 11.3. The molecule has 0 amide bonds. The molecular formula is C11H9F3O. The van der Waals surface area contributed by atoms with Gasteiger partial charge in [0.1, 0.15) is 5.75 Å². The lowest BCUT2D eigenvalue weighted by Crippen LogP contribution is -2.17. The molecule has 0 heterocycles. The van der Waals surface area contributed by atoms with Gasteiger partial charge in [0, 0.05) is 6.42 Å². The van der Waals surface area contributed by atoms with Crippen molar-refractivity contribution >= 4 is 0 Å². The number of alkyl halides is 3. The average molecular weight is 214 g/mol. The van der Waals surface area contributed by atoms with Crippen LogP contribution in [0.1, 0.15) is 12.0 Å². The molecule has 0 spiro atoms. The number of aryl methyl sites for hydroxylation is 1. The second-order valence-electron chi connectivity index (χ2n) is 2.90. The van der Waals surface area contributed by atoms with E-state index in [1.54, 1.807) is 6.07 Å². The van der Waals surface area contributed by atoms with Crippen molar-refractivity contribution in [3.05, 3.63) is 29.8 Å². The average Bonchev–Trinajstić information content (AvgIpc) is 2.12. The monoisotopic (exact) mass is 214 g/mol. The maximum Gasteiger partial charge on any atom is 0.573 e. The summed E-state index contributed by atoms with van der Waals surface area (Å²) in [5, 5.41) is 0. The van der Waals surface area contributed by atoms with Crippen molar-refractivity contribution in [2.24, 2.45) is 0 Å². The van der Waals surface area contributed by atoms with E-state index in [0.717, 1.165) is 5.56 Å². The molecule has 0 atom stereocenters. The maximum absolute atomic E-state index is 11.9. The minimum Gasteiger partial charge on any atom is -0.406 e. The van der Waals surface area contributed by atoms with Crippen LogP contribution in [0.5, 0.6) is 5.75 Å². The van der Waals surface area contributed by atoms with Crippen LogP contribution in [0.4, 0.5) is 13.2 Å². The highest BCUT2D eigenvalue weighted by atomic mass is 19.4. The fourth-order valence-corrected chi connectivity index (χ4v) is 1.11. The summed E-state index contributed by atoms with van der Waals surface area (Å²) in [7, 11) is 0. The first-order chi connectivity index (χ1) is 7.01. The van der Waals surface area contributed by atoms with Gasteiger partial charge in [-0.05, 0) is 24.1 Å². The third-order valence-corrected chi connectivity index (χ3v) is 1.69. The molecule has 0 aromatic heterocycles. The minimum absolute atomic E-state index is 0.211. The summed E-state index contributed by atoms with van der Waals surface area (Å²) in [5.74, 6) is 2.21. The van der Waals surface area contributed by atoms with Crippen molar-refractivity contribution in [3.63, 3.8) is 0 Å². The van der Waals surface area contributed by atoms with Gasteiger partial charge in [-0.2, -0.15) is 0 Å². The van der Waals surface area contributed by atoms with E-state index in [9.17, 15) is 13.2 Å². The summed E-state index contributed by atoms with van der Waals surface area (Å²) in [6.45, 7) is 0. The van der Waals surface area contributed by atoms with Gasteiger partial charge in [-0.3, -0.25) is 0 Å². The molecule has 4 heteroatoms. The van der Waals surface area contributed by atoms with Gasteiger partial charge in [0.25, 0.3) is 0 Å². The first kappa shape index (κ1) is 11.4. The van der Waals surface area contributed by atoms with Crippen LogP contribution < -0.4 is 4.74 Å². The Bertz CT molecular complexity index is 363. The molecule has 1 aromatic rings. The lowest BCUT2D eigenvalue weighted by Gasteiger charge is -2.09. The Hall–Kier alpha value is -1.63.